The molecule has 1 amide bonds. The Morgan fingerprint density at radius 2 is 1.90 bits per heavy atom. The van der Waals surface area contributed by atoms with Crippen molar-refractivity contribution >= 4 is 44.5 Å². The third-order valence-corrected chi connectivity index (χ3v) is 5.56. The molecule has 0 saturated heterocycles. The maximum absolute atomic E-state index is 12.8. The second-order valence-corrected chi connectivity index (χ2v) is 7.94. The van der Waals surface area contributed by atoms with E-state index >= 15 is 0 Å². The number of amides is 1. The summed E-state index contributed by atoms with van der Waals surface area (Å²) in [7, 11) is 0. The first kappa shape index (κ1) is 20.3. The molecule has 2 aromatic carbocycles. The third-order valence-electron chi connectivity index (χ3n) is 4.62. The summed E-state index contributed by atoms with van der Waals surface area (Å²) in [4.78, 5) is 29.5. The van der Waals surface area contributed by atoms with E-state index in [-0.39, 0.29) is 11.5 Å². The van der Waals surface area contributed by atoms with E-state index in [4.69, 9.17) is 11.6 Å². The van der Waals surface area contributed by atoms with E-state index in [2.05, 4.69) is 31.3 Å². The number of nitrogens with zero attached hydrogens (tertiary/aromatic N) is 4. The highest BCUT2D eigenvalue weighted by Gasteiger charge is 2.12. The second kappa shape index (κ2) is 8.81. The SMILES string of the molecule is O=C(NCCn1ncc2c(=O)n(Cc3ccc(Cl)cc3)cnc21)c1ccccc1Br. The zero-order valence-corrected chi connectivity index (χ0v) is 18.1. The van der Waals surface area contributed by atoms with Gasteiger partial charge < -0.3 is 5.32 Å². The number of rotatable bonds is 6. The van der Waals surface area contributed by atoms with Gasteiger partial charge in [-0.25, -0.2) is 9.67 Å². The molecule has 7 nitrogen and oxygen atoms in total. The first-order valence-corrected chi connectivity index (χ1v) is 10.4. The Morgan fingerprint density at radius 1 is 1.13 bits per heavy atom. The Labute approximate surface area is 185 Å². The molecule has 4 rings (SSSR count). The van der Waals surface area contributed by atoms with E-state index in [0.29, 0.717) is 41.3 Å². The third kappa shape index (κ3) is 4.29. The number of aromatic nitrogens is 4. The molecule has 0 aliphatic rings. The minimum atomic E-state index is -0.183. The van der Waals surface area contributed by atoms with Crippen LogP contribution in [0.1, 0.15) is 15.9 Å². The predicted octanol–water partition coefficient (Wildman–Crippen LogP) is 3.49. The highest BCUT2D eigenvalue weighted by Crippen LogP contribution is 2.15. The largest absolute Gasteiger partial charge is 0.350 e. The normalized spacial score (nSPS) is 11.0. The summed E-state index contributed by atoms with van der Waals surface area (Å²) < 4.78 is 3.88. The van der Waals surface area contributed by atoms with Crippen LogP contribution in [0.15, 0.2) is 70.3 Å². The van der Waals surface area contributed by atoms with Crippen LogP contribution in [-0.4, -0.2) is 31.8 Å². The molecule has 4 aromatic rings. The fraction of sp³-hybridized carbons (Fsp3) is 0.143. The van der Waals surface area contributed by atoms with Crippen LogP contribution in [0.25, 0.3) is 11.0 Å². The smallest absolute Gasteiger partial charge is 0.264 e. The minimum absolute atomic E-state index is 0.168. The van der Waals surface area contributed by atoms with Gasteiger partial charge in [0.05, 0.1) is 24.8 Å². The molecular weight excluding hydrogens is 470 g/mol. The summed E-state index contributed by atoms with van der Waals surface area (Å²) in [5.74, 6) is -0.183. The zero-order valence-electron chi connectivity index (χ0n) is 15.8. The summed E-state index contributed by atoms with van der Waals surface area (Å²) in [6.07, 6.45) is 3.02. The van der Waals surface area contributed by atoms with Crippen LogP contribution in [0.2, 0.25) is 5.02 Å². The van der Waals surface area contributed by atoms with Crippen molar-refractivity contribution in [2.24, 2.45) is 0 Å². The van der Waals surface area contributed by atoms with Crippen LogP contribution in [0, 0.1) is 0 Å². The molecule has 0 radical (unpaired) electrons. The number of hydrogen-bond donors (Lipinski definition) is 1. The Morgan fingerprint density at radius 3 is 2.67 bits per heavy atom. The van der Waals surface area contributed by atoms with Crippen LogP contribution < -0.4 is 10.9 Å². The fourth-order valence-corrected chi connectivity index (χ4v) is 3.67. The first-order valence-electron chi connectivity index (χ1n) is 9.21. The number of benzene rings is 2. The molecule has 0 atom stereocenters. The predicted molar refractivity (Wildman–Crippen MR) is 119 cm³/mol. The van der Waals surface area contributed by atoms with Crippen molar-refractivity contribution in [3.63, 3.8) is 0 Å². The molecule has 9 heteroatoms. The topological polar surface area (TPSA) is 81.8 Å². The molecule has 0 aliphatic carbocycles. The van der Waals surface area contributed by atoms with Crippen LogP contribution >= 0.6 is 27.5 Å². The lowest BCUT2D eigenvalue weighted by molar-refractivity contribution is 0.0951. The molecule has 0 aliphatic heterocycles. The van der Waals surface area contributed by atoms with Gasteiger partial charge in [-0.3, -0.25) is 14.2 Å². The molecule has 0 bridgehead atoms. The monoisotopic (exact) mass is 485 g/mol. The molecule has 2 aromatic heterocycles. The minimum Gasteiger partial charge on any atom is -0.350 e. The van der Waals surface area contributed by atoms with Gasteiger partial charge in [0, 0.05) is 16.0 Å². The average Bonchev–Trinajstić information content (AvgIpc) is 3.15. The molecule has 0 fully saturated rings. The van der Waals surface area contributed by atoms with Gasteiger partial charge >= 0.3 is 0 Å². The van der Waals surface area contributed by atoms with Gasteiger partial charge in [0.2, 0.25) is 0 Å². The van der Waals surface area contributed by atoms with Crippen LogP contribution in [0.5, 0.6) is 0 Å². The number of carbonyl (C=O) groups is 1. The van der Waals surface area contributed by atoms with E-state index in [0.717, 1.165) is 10.0 Å². The van der Waals surface area contributed by atoms with Gasteiger partial charge in [-0.2, -0.15) is 5.10 Å². The standard InChI is InChI=1S/C21H17BrClN5O2/c22-18-4-2-1-3-16(18)20(29)24-9-10-28-19-17(11-26-28)21(30)27(13-25-19)12-14-5-7-15(23)8-6-14/h1-8,11,13H,9-10,12H2,(H,24,29). The van der Waals surface area contributed by atoms with Gasteiger partial charge in [-0.15, -0.1) is 0 Å². The maximum Gasteiger partial charge on any atom is 0.264 e. The van der Waals surface area contributed by atoms with Crippen LogP contribution in [-0.2, 0) is 13.1 Å². The molecule has 30 heavy (non-hydrogen) atoms. The molecular formula is C21H17BrClN5O2. The van der Waals surface area contributed by atoms with Crippen LogP contribution in [0.4, 0.5) is 0 Å². The number of fused-ring (bicyclic) bond motifs is 1. The molecule has 0 saturated carbocycles. The Hall–Kier alpha value is -2.97. The van der Waals surface area contributed by atoms with Crippen molar-refractivity contribution in [2.45, 2.75) is 13.1 Å². The Balaban J connectivity index is 1.46. The summed E-state index contributed by atoms with van der Waals surface area (Å²) in [5.41, 5.74) is 1.83. The zero-order chi connectivity index (χ0) is 21.1. The van der Waals surface area contributed by atoms with Crippen molar-refractivity contribution in [1.29, 1.82) is 0 Å². The highest BCUT2D eigenvalue weighted by molar-refractivity contribution is 9.10. The average molecular weight is 487 g/mol. The molecule has 0 spiro atoms. The number of halogens is 2. The van der Waals surface area contributed by atoms with E-state index < -0.39 is 0 Å². The van der Waals surface area contributed by atoms with Crippen molar-refractivity contribution in [3.8, 4) is 0 Å². The van der Waals surface area contributed by atoms with Crippen molar-refractivity contribution in [2.75, 3.05) is 6.54 Å². The van der Waals surface area contributed by atoms with Crippen LogP contribution in [0.3, 0.4) is 0 Å². The van der Waals surface area contributed by atoms with Crippen molar-refractivity contribution in [1.82, 2.24) is 24.6 Å². The Kier molecular flexibility index (Phi) is 5.96. The van der Waals surface area contributed by atoms with E-state index in [1.807, 2.05) is 24.3 Å². The van der Waals surface area contributed by atoms with Gasteiger partial charge in [0.15, 0.2) is 5.65 Å². The van der Waals surface area contributed by atoms with E-state index in [1.165, 1.54) is 17.1 Å². The second-order valence-electron chi connectivity index (χ2n) is 6.64. The first-order chi connectivity index (χ1) is 14.5. The quantitative estimate of drug-likeness (QED) is 0.452. The molecule has 1 N–H and O–H groups in total. The molecule has 152 valence electrons. The lowest BCUT2D eigenvalue weighted by Gasteiger charge is -2.08. The number of nitrogens with one attached hydrogen (secondary N) is 1. The van der Waals surface area contributed by atoms with E-state index in [9.17, 15) is 9.59 Å². The lowest BCUT2D eigenvalue weighted by atomic mass is 10.2. The maximum atomic E-state index is 12.8. The van der Waals surface area contributed by atoms with Gasteiger partial charge in [0.25, 0.3) is 11.5 Å². The summed E-state index contributed by atoms with van der Waals surface area (Å²) in [6.45, 7) is 1.14. The molecule has 2 heterocycles. The van der Waals surface area contributed by atoms with E-state index in [1.54, 1.807) is 28.9 Å². The summed E-state index contributed by atoms with van der Waals surface area (Å²) >= 11 is 9.28. The fourth-order valence-electron chi connectivity index (χ4n) is 3.08. The molecule has 0 unspecified atom stereocenters. The van der Waals surface area contributed by atoms with Gasteiger partial charge in [-0.05, 0) is 45.8 Å². The highest BCUT2D eigenvalue weighted by atomic mass is 79.9. The van der Waals surface area contributed by atoms with Crippen molar-refractivity contribution in [3.05, 3.63) is 92.0 Å². The van der Waals surface area contributed by atoms with Crippen molar-refractivity contribution < 1.29 is 4.79 Å². The van der Waals surface area contributed by atoms with Gasteiger partial charge in [-0.1, -0.05) is 35.9 Å². The summed E-state index contributed by atoms with van der Waals surface area (Å²) in [6, 6.07) is 14.5. The van der Waals surface area contributed by atoms with Gasteiger partial charge in [0.1, 0.15) is 11.7 Å². The number of hydrogen-bond acceptors (Lipinski definition) is 4. The lowest BCUT2D eigenvalue weighted by Crippen LogP contribution is -2.28. The Bertz CT molecular complexity index is 1270. The summed E-state index contributed by atoms with van der Waals surface area (Å²) in [5, 5.41) is 8.20. The number of carbonyl (C=O) groups excluding carboxylic acids is 1.